The van der Waals surface area contributed by atoms with Gasteiger partial charge in [-0.2, -0.15) is 5.26 Å². The molecule has 0 aliphatic heterocycles. The second kappa shape index (κ2) is 10.0. The van der Waals surface area contributed by atoms with Crippen LogP contribution in [0.4, 0.5) is 4.39 Å². The molecule has 0 unspecified atom stereocenters. The van der Waals surface area contributed by atoms with Gasteiger partial charge in [0.05, 0.1) is 13.2 Å². The normalized spacial score (nSPS) is 12.4. The van der Waals surface area contributed by atoms with E-state index >= 15 is 0 Å². The first-order valence-corrected chi connectivity index (χ1v) is 7.64. The van der Waals surface area contributed by atoms with Gasteiger partial charge < -0.3 is 15.4 Å². The number of ether oxygens (including phenoxy) is 1. The van der Waals surface area contributed by atoms with Crippen molar-refractivity contribution in [3.8, 4) is 6.07 Å². The van der Waals surface area contributed by atoms with Crippen molar-refractivity contribution in [2.75, 3.05) is 7.11 Å². The third-order valence-electron chi connectivity index (χ3n) is 3.39. The van der Waals surface area contributed by atoms with Gasteiger partial charge >= 0.3 is 5.97 Å². The van der Waals surface area contributed by atoms with Crippen LogP contribution in [-0.2, 0) is 25.5 Å². The molecule has 0 aromatic heterocycles. The van der Waals surface area contributed by atoms with Gasteiger partial charge in [0.15, 0.2) is 0 Å². The zero-order chi connectivity index (χ0) is 18.8. The molecule has 2 N–H and O–H groups in total. The number of carbonyl (C=O) groups is 3. The molecule has 0 saturated heterocycles. The van der Waals surface area contributed by atoms with Crippen molar-refractivity contribution in [2.45, 2.75) is 38.3 Å². The average Bonchev–Trinajstić information content (AvgIpc) is 2.58. The average molecular weight is 349 g/mol. The number of halogens is 1. The third kappa shape index (κ3) is 6.99. The topological polar surface area (TPSA) is 108 Å². The molecule has 7 nitrogen and oxygen atoms in total. The van der Waals surface area contributed by atoms with Crippen molar-refractivity contribution in [3.63, 3.8) is 0 Å². The van der Waals surface area contributed by atoms with Crippen molar-refractivity contribution in [3.05, 3.63) is 35.6 Å². The lowest BCUT2D eigenvalue weighted by Crippen LogP contribution is -2.52. The zero-order valence-electron chi connectivity index (χ0n) is 14.0. The fourth-order valence-corrected chi connectivity index (χ4v) is 2.18. The molecule has 0 aliphatic carbocycles. The smallest absolute Gasteiger partial charge is 0.328 e. The number of nitriles is 1. The largest absolute Gasteiger partial charge is 0.467 e. The van der Waals surface area contributed by atoms with E-state index in [0.717, 1.165) is 0 Å². The van der Waals surface area contributed by atoms with E-state index in [1.807, 2.05) is 6.07 Å². The highest BCUT2D eigenvalue weighted by atomic mass is 19.1. The minimum atomic E-state index is -0.985. The van der Waals surface area contributed by atoms with Crippen LogP contribution in [0, 0.1) is 17.1 Å². The molecular weight excluding hydrogens is 329 g/mol. The second-order valence-corrected chi connectivity index (χ2v) is 5.36. The number of nitrogens with one attached hydrogen (secondary N) is 2. The summed E-state index contributed by atoms with van der Waals surface area (Å²) in [7, 11) is 1.18. The summed E-state index contributed by atoms with van der Waals surface area (Å²) >= 11 is 0. The van der Waals surface area contributed by atoms with E-state index in [4.69, 9.17) is 5.26 Å². The molecule has 2 atom stereocenters. The summed E-state index contributed by atoms with van der Waals surface area (Å²) in [6, 6.07) is 5.48. The Labute approximate surface area is 145 Å². The van der Waals surface area contributed by atoms with Crippen molar-refractivity contribution in [2.24, 2.45) is 0 Å². The van der Waals surface area contributed by atoms with Crippen LogP contribution in [0.3, 0.4) is 0 Å². The summed E-state index contributed by atoms with van der Waals surface area (Å²) in [5.74, 6) is -2.10. The molecule has 2 amide bonds. The third-order valence-corrected chi connectivity index (χ3v) is 3.39. The fourth-order valence-electron chi connectivity index (χ4n) is 2.18. The van der Waals surface area contributed by atoms with Crippen molar-refractivity contribution < 1.29 is 23.5 Å². The van der Waals surface area contributed by atoms with Gasteiger partial charge in [-0.1, -0.05) is 12.1 Å². The Morgan fingerprint density at radius 1 is 1.20 bits per heavy atom. The van der Waals surface area contributed by atoms with Crippen LogP contribution in [0.5, 0.6) is 0 Å². The summed E-state index contributed by atoms with van der Waals surface area (Å²) in [4.78, 5) is 35.5. The number of benzene rings is 1. The molecule has 0 radical (unpaired) electrons. The summed E-state index contributed by atoms with van der Waals surface area (Å²) in [6.45, 7) is 1.26. The Morgan fingerprint density at radius 2 is 1.84 bits per heavy atom. The molecule has 1 aromatic rings. The Balaban J connectivity index is 2.86. The number of hydrogen-bond acceptors (Lipinski definition) is 5. The second-order valence-electron chi connectivity index (χ2n) is 5.36. The first kappa shape index (κ1) is 20.1. The maximum atomic E-state index is 13.0. The maximum Gasteiger partial charge on any atom is 0.328 e. The van der Waals surface area contributed by atoms with Crippen LogP contribution < -0.4 is 10.6 Å². The highest BCUT2D eigenvalue weighted by molar-refractivity contribution is 5.90. The molecule has 0 spiro atoms. The highest BCUT2D eigenvalue weighted by Crippen LogP contribution is 2.07. The first-order valence-electron chi connectivity index (χ1n) is 7.64. The van der Waals surface area contributed by atoms with Gasteiger partial charge in [0, 0.05) is 19.8 Å². The number of esters is 1. The van der Waals surface area contributed by atoms with E-state index in [1.54, 1.807) is 0 Å². The summed E-state index contributed by atoms with van der Waals surface area (Å²) in [6.07, 6.45) is 0.277. The molecule has 0 bridgehead atoms. The molecule has 0 aliphatic rings. The van der Waals surface area contributed by atoms with Crippen LogP contribution in [0.1, 0.15) is 25.3 Å². The molecular formula is C17H20FN3O4. The highest BCUT2D eigenvalue weighted by Gasteiger charge is 2.26. The van der Waals surface area contributed by atoms with E-state index in [1.165, 1.54) is 38.3 Å². The first-order chi connectivity index (χ1) is 11.9. The van der Waals surface area contributed by atoms with Gasteiger partial charge in [-0.05, 0) is 24.1 Å². The minimum Gasteiger partial charge on any atom is -0.467 e. The molecule has 8 heteroatoms. The van der Waals surface area contributed by atoms with Crippen molar-refractivity contribution in [1.82, 2.24) is 10.6 Å². The monoisotopic (exact) mass is 349 g/mol. The Hall–Kier alpha value is -2.95. The Kier molecular flexibility index (Phi) is 8.06. The molecule has 0 heterocycles. The maximum absolute atomic E-state index is 13.0. The summed E-state index contributed by atoms with van der Waals surface area (Å²) in [5, 5.41) is 13.6. The molecule has 0 fully saturated rings. The van der Waals surface area contributed by atoms with Gasteiger partial charge in [0.2, 0.25) is 11.8 Å². The minimum absolute atomic E-state index is 0.0583. The summed E-state index contributed by atoms with van der Waals surface area (Å²) < 4.78 is 17.6. The van der Waals surface area contributed by atoms with Gasteiger partial charge in [0.1, 0.15) is 17.9 Å². The molecule has 134 valence electrons. The van der Waals surface area contributed by atoms with Gasteiger partial charge in [-0.25, -0.2) is 9.18 Å². The summed E-state index contributed by atoms with van der Waals surface area (Å²) in [5.41, 5.74) is 0.641. The molecule has 25 heavy (non-hydrogen) atoms. The van der Waals surface area contributed by atoms with E-state index in [0.29, 0.717) is 5.56 Å². The predicted molar refractivity (Wildman–Crippen MR) is 86.5 cm³/mol. The van der Waals surface area contributed by atoms with E-state index in [-0.39, 0.29) is 19.3 Å². The Morgan fingerprint density at radius 3 is 2.36 bits per heavy atom. The SMILES string of the molecule is COC(=O)[C@H](CCC#N)NC(=O)[C@H](Cc1ccc(F)cc1)NC(C)=O. The zero-order valence-corrected chi connectivity index (χ0v) is 14.0. The lowest BCUT2D eigenvalue weighted by atomic mass is 10.0. The molecule has 1 aromatic carbocycles. The van der Waals surface area contributed by atoms with Crippen LogP contribution in [0.2, 0.25) is 0 Å². The molecule has 0 saturated carbocycles. The number of amides is 2. The number of nitrogens with zero attached hydrogens (tertiary/aromatic N) is 1. The van der Waals surface area contributed by atoms with Crippen LogP contribution in [0.25, 0.3) is 0 Å². The predicted octanol–water partition coefficient (Wildman–Crippen LogP) is 0.834. The van der Waals surface area contributed by atoms with Crippen LogP contribution >= 0.6 is 0 Å². The van der Waals surface area contributed by atoms with Gasteiger partial charge in [0.25, 0.3) is 0 Å². The number of rotatable bonds is 8. The van der Waals surface area contributed by atoms with E-state index in [9.17, 15) is 18.8 Å². The number of methoxy groups -OCH3 is 1. The van der Waals surface area contributed by atoms with E-state index in [2.05, 4.69) is 15.4 Å². The lowest BCUT2D eigenvalue weighted by Gasteiger charge is -2.21. The standard InChI is InChI=1S/C17H20FN3O4/c1-11(22)20-15(10-12-5-7-13(18)8-6-12)16(23)21-14(4-3-9-19)17(24)25-2/h5-8,14-15H,3-4,10H2,1-2H3,(H,20,22)(H,21,23)/t14-,15-/m0/s1. The Bertz CT molecular complexity index is 655. The van der Waals surface area contributed by atoms with Crippen LogP contribution in [0.15, 0.2) is 24.3 Å². The van der Waals surface area contributed by atoms with E-state index < -0.39 is 35.7 Å². The van der Waals surface area contributed by atoms with Gasteiger partial charge in [-0.15, -0.1) is 0 Å². The van der Waals surface area contributed by atoms with Crippen molar-refractivity contribution >= 4 is 17.8 Å². The number of carbonyl (C=O) groups excluding carboxylic acids is 3. The lowest BCUT2D eigenvalue weighted by molar-refractivity contribution is -0.145. The molecule has 1 rings (SSSR count). The van der Waals surface area contributed by atoms with Crippen LogP contribution in [-0.4, -0.2) is 37.0 Å². The quantitative estimate of drug-likeness (QED) is 0.676. The van der Waals surface area contributed by atoms with Gasteiger partial charge in [-0.3, -0.25) is 9.59 Å². The fraction of sp³-hybridized carbons (Fsp3) is 0.412. The van der Waals surface area contributed by atoms with Crippen molar-refractivity contribution in [1.29, 1.82) is 5.26 Å². The number of hydrogen-bond donors (Lipinski definition) is 2.